The summed E-state index contributed by atoms with van der Waals surface area (Å²) in [5, 5.41) is 22.5. The second kappa shape index (κ2) is 11.1. The van der Waals surface area contributed by atoms with Crippen LogP contribution in [0, 0.1) is 10.1 Å². The molecule has 1 heterocycles. The number of rotatable bonds is 10. The summed E-state index contributed by atoms with van der Waals surface area (Å²) in [6, 6.07) is 3.73. The summed E-state index contributed by atoms with van der Waals surface area (Å²) in [5.74, 6) is -1.52. The number of likely N-dealkylation sites (tertiary alicyclic amines) is 1. The first-order chi connectivity index (χ1) is 14.3. The summed E-state index contributed by atoms with van der Waals surface area (Å²) in [6.07, 6.45) is 1.69. The number of carboxylic acids is 1. The number of amides is 2. The van der Waals surface area contributed by atoms with E-state index in [4.69, 9.17) is 10.5 Å². The summed E-state index contributed by atoms with van der Waals surface area (Å²) in [6.45, 7) is 0.630. The Hall–Kier alpha value is -3.21. The number of nitrogens with one attached hydrogen (secondary N) is 1. The Labute approximate surface area is 173 Å². The number of unbranched alkanes of at least 4 members (excludes halogenated alkanes) is 1. The van der Waals surface area contributed by atoms with Gasteiger partial charge in [0.15, 0.2) is 0 Å². The van der Waals surface area contributed by atoms with Gasteiger partial charge < -0.3 is 25.8 Å². The molecule has 30 heavy (non-hydrogen) atoms. The molecule has 2 amide bonds. The molecule has 0 spiro atoms. The second-order valence-electron chi connectivity index (χ2n) is 7.01. The predicted molar refractivity (Wildman–Crippen MR) is 105 cm³/mol. The van der Waals surface area contributed by atoms with Gasteiger partial charge in [0.1, 0.15) is 18.7 Å². The third kappa shape index (κ3) is 6.41. The van der Waals surface area contributed by atoms with Crippen molar-refractivity contribution in [1.29, 1.82) is 0 Å². The van der Waals surface area contributed by atoms with Gasteiger partial charge in [-0.1, -0.05) is 0 Å². The van der Waals surface area contributed by atoms with E-state index in [9.17, 15) is 29.6 Å². The molecule has 2 rings (SSSR count). The minimum Gasteiger partial charge on any atom is -0.480 e. The molecular weight excluding hydrogens is 396 g/mol. The van der Waals surface area contributed by atoms with Gasteiger partial charge in [-0.15, -0.1) is 0 Å². The molecule has 1 fully saturated rings. The summed E-state index contributed by atoms with van der Waals surface area (Å²) in [7, 11) is 0. The topological polar surface area (TPSA) is 165 Å². The summed E-state index contributed by atoms with van der Waals surface area (Å²) >= 11 is 0. The van der Waals surface area contributed by atoms with E-state index in [1.807, 2.05) is 0 Å². The molecule has 4 N–H and O–H groups in total. The van der Waals surface area contributed by atoms with Crippen molar-refractivity contribution in [3.05, 3.63) is 39.9 Å². The van der Waals surface area contributed by atoms with Crippen LogP contribution in [0.4, 0.5) is 10.5 Å². The second-order valence-corrected chi connectivity index (χ2v) is 7.01. The average molecular weight is 422 g/mol. The molecule has 164 valence electrons. The Morgan fingerprint density at radius 2 is 2.00 bits per heavy atom. The highest BCUT2D eigenvalue weighted by molar-refractivity contribution is 5.89. The van der Waals surface area contributed by atoms with E-state index in [2.05, 4.69) is 5.32 Å². The molecule has 1 aromatic rings. The summed E-state index contributed by atoms with van der Waals surface area (Å²) in [5.41, 5.74) is 5.96. The Morgan fingerprint density at radius 3 is 2.60 bits per heavy atom. The number of carbonyl (C=O) groups is 3. The Morgan fingerprint density at radius 1 is 1.30 bits per heavy atom. The van der Waals surface area contributed by atoms with Crippen LogP contribution in [0.5, 0.6) is 0 Å². The quantitative estimate of drug-likeness (QED) is 0.289. The molecule has 0 bridgehead atoms. The van der Waals surface area contributed by atoms with Crippen LogP contribution in [0.1, 0.15) is 37.7 Å². The van der Waals surface area contributed by atoms with Crippen molar-refractivity contribution in [2.24, 2.45) is 5.73 Å². The van der Waals surface area contributed by atoms with Crippen molar-refractivity contribution < 1.29 is 29.2 Å². The molecule has 11 heteroatoms. The van der Waals surface area contributed by atoms with Gasteiger partial charge in [-0.3, -0.25) is 14.9 Å². The molecule has 1 aliphatic rings. The minimum absolute atomic E-state index is 0.0765. The summed E-state index contributed by atoms with van der Waals surface area (Å²) < 4.78 is 5.12. The number of nitro groups is 1. The number of alkyl carbamates (subject to hydrolysis) is 1. The van der Waals surface area contributed by atoms with Crippen molar-refractivity contribution in [2.75, 3.05) is 13.1 Å². The largest absolute Gasteiger partial charge is 0.480 e. The minimum atomic E-state index is -1.07. The van der Waals surface area contributed by atoms with E-state index in [1.165, 1.54) is 29.2 Å². The maximum Gasteiger partial charge on any atom is 0.408 e. The van der Waals surface area contributed by atoms with Crippen LogP contribution in [0.25, 0.3) is 0 Å². The van der Waals surface area contributed by atoms with Gasteiger partial charge in [-0.2, -0.15) is 0 Å². The molecule has 11 nitrogen and oxygen atoms in total. The van der Waals surface area contributed by atoms with Crippen molar-refractivity contribution in [3.63, 3.8) is 0 Å². The van der Waals surface area contributed by atoms with E-state index in [0.29, 0.717) is 50.8 Å². The number of ether oxygens (including phenoxy) is 1. The van der Waals surface area contributed by atoms with Gasteiger partial charge in [0.2, 0.25) is 5.91 Å². The average Bonchev–Trinajstić information content (AvgIpc) is 3.21. The SMILES string of the molecule is NCCCC[C@H](NC(=O)OCc1ccc([N+](=O)[O-])cc1)C(=O)N1CCC[C@H]1C(=O)O. The van der Waals surface area contributed by atoms with Gasteiger partial charge in [0.25, 0.3) is 5.69 Å². The number of benzene rings is 1. The third-order valence-electron chi connectivity index (χ3n) is 4.88. The van der Waals surface area contributed by atoms with Gasteiger partial charge in [-0.05, 0) is 56.3 Å². The first kappa shape index (κ1) is 23.1. The number of non-ortho nitro benzene ring substituents is 1. The molecular formula is C19H26N4O7. The van der Waals surface area contributed by atoms with Crippen molar-refractivity contribution in [2.45, 2.75) is 50.8 Å². The van der Waals surface area contributed by atoms with Crippen LogP contribution >= 0.6 is 0 Å². The lowest BCUT2D eigenvalue weighted by atomic mass is 10.1. The molecule has 0 unspecified atom stereocenters. The lowest BCUT2D eigenvalue weighted by Gasteiger charge is -2.27. The lowest BCUT2D eigenvalue weighted by Crippen LogP contribution is -2.51. The monoisotopic (exact) mass is 422 g/mol. The highest BCUT2D eigenvalue weighted by Crippen LogP contribution is 2.20. The van der Waals surface area contributed by atoms with Crippen LogP contribution in [0.15, 0.2) is 24.3 Å². The molecule has 1 saturated heterocycles. The fourth-order valence-electron chi connectivity index (χ4n) is 3.28. The van der Waals surface area contributed by atoms with Crippen LogP contribution in [0.2, 0.25) is 0 Å². The molecule has 0 aliphatic carbocycles. The molecule has 1 aromatic carbocycles. The molecule has 2 atom stereocenters. The number of carboxylic acid groups (broad SMARTS) is 1. The van der Waals surface area contributed by atoms with Gasteiger partial charge in [0, 0.05) is 18.7 Å². The normalized spacial score (nSPS) is 16.7. The fraction of sp³-hybridized carbons (Fsp3) is 0.526. The van der Waals surface area contributed by atoms with E-state index in [1.54, 1.807) is 0 Å². The third-order valence-corrected chi connectivity index (χ3v) is 4.88. The number of hydrogen-bond acceptors (Lipinski definition) is 7. The number of carbonyl (C=O) groups excluding carboxylic acids is 2. The van der Waals surface area contributed by atoms with Crippen molar-refractivity contribution in [3.8, 4) is 0 Å². The number of nitro benzene ring substituents is 1. The fourth-order valence-corrected chi connectivity index (χ4v) is 3.28. The van der Waals surface area contributed by atoms with Crippen molar-refractivity contribution in [1.82, 2.24) is 10.2 Å². The zero-order valence-corrected chi connectivity index (χ0v) is 16.5. The predicted octanol–water partition coefficient (Wildman–Crippen LogP) is 1.39. The standard InChI is InChI=1S/C19H26N4O7/c20-10-2-1-4-15(17(24)22-11-3-5-16(22)18(25)26)21-19(27)30-12-13-6-8-14(9-7-13)23(28)29/h6-9,15-16H,1-5,10-12,20H2,(H,21,27)(H,25,26)/t15-,16-/m0/s1. The van der Waals surface area contributed by atoms with Gasteiger partial charge in [0.05, 0.1) is 4.92 Å². The van der Waals surface area contributed by atoms with Crippen LogP contribution in [-0.2, 0) is 20.9 Å². The zero-order chi connectivity index (χ0) is 22.1. The van der Waals surface area contributed by atoms with Gasteiger partial charge in [-0.25, -0.2) is 9.59 Å². The highest BCUT2D eigenvalue weighted by atomic mass is 16.6. The molecule has 0 aromatic heterocycles. The maximum absolute atomic E-state index is 12.9. The Kier molecular flexibility index (Phi) is 8.54. The first-order valence-corrected chi connectivity index (χ1v) is 9.73. The van der Waals surface area contributed by atoms with Crippen LogP contribution < -0.4 is 11.1 Å². The molecule has 0 saturated carbocycles. The van der Waals surface area contributed by atoms with Gasteiger partial charge >= 0.3 is 12.1 Å². The zero-order valence-electron chi connectivity index (χ0n) is 16.5. The number of hydrogen-bond donors (Lipinski definition) is 3. The number of nitrogens with two attached hydrogens (primary N) is 1. The molecule has 1 aliphatic heterocycles. The van der Waals surface area contributed by atoms with Crippen LogP contribution in [-0.4, -0.2) is 58.1 Å². The number of aliphatic carboxylic acids is 1. The Bertz CT molecular complexity index is 769. The number of nitrogens with zero attached hydrogens (tertiary/aromatic N) is 2. The van der Waals surface area contributed by atoms with E-state index in [-0.39, 0.29) is 12.3 Å². The summed E-state index contributed by atoms with van der Waals surface area (Å²) in [4.78, 5) is 47.9. The highest BCUT2D eigenvalue weighted by Gasteiger charge is 2.37. The van der Waals surface area contributed by atoms with Crippen LogP contribution in [0.3, 0.4) is 0 Å². The molecule has 0 radical (unpaired) electrons. The lowest BCUT2D eigenvalue weighted by molar-refractivity contribution is -0.384. The van der Waals surface area contributed by atoms with E-state index < -0.39 is 35.0 Å². The van der Waals surface area contributed by atoms with Crippen molar-refractivity contribution >= 4 is 23.7 Å². The maximum atomic E-state index is 12.9. The van der Waals surface area contributed by atoms with E-state index in [0.717, 1.165) is 0 Å². The first-order valence-electron chi connectivity index (χ1n) is 9.73. The van der Waals surface area contributed by atoms with E-state index >= 15 is 0 Å². The smallest absolute Gasteiger partial charge is 0.408 e. The Balaban J connectivity index is 1.96.